The molecule has 0 fully saturated rings. The van der Waals surface area contributed by atoms with Crippen molar-refractivity contribution in [3.63, 3.8) is 0 Å². The molecule has 0 aliphatic carbocycles. The number of hydrogen-bond donors (Lipinski definition) is 3. The van der Waals surface area contributed by atoms with Gasteiger partial charge in [0.15, 0.2) is 0 Å². The first kappa shape index (κ1) is 15.5. The van der Waals surface area contributed by atoms with Crippen LogP contribution in [0.1, 0.15) is 25.5 Å². The monoisotopic (exact) mass is 272 g/mol. The highest BCUT2D eigenvalue weighted by atomic mass is 19.3. The van der Waals surface area contributed by atoms with Crippen molar-refractivity contribution in [2.24, 2.45) is 0 Å². The Hall–Kier alpha value is -1.53. The van der Waals surface area contributed by atoms with E-state index in [1.165, 1.54) is 6.92 Å². The van der Waals surface area contributed by atoms with E-state index in [0.717, 1.165) is 5.56 Å². The zero-order valence-corrected chi connectivity index (χ0v) is 10.9. The second-order valence-electron chi connectivity index (χ2n) is 4.34. The van der Waals surface area contributed by atoms with Crippen molar-refractivity contribution >= 4 is 11.6 Å². The van der Waals surface area contributed by atoms with Crippen LogP contribution in [-0.2, 0) is 4.79 Å². The number of benzene rings is 1. The Morgan fingerprint density at radius 1 is 1.42 bits per heavy atom. The van der Waals surface area contributed by atoms with Gasteiger partial charge in [0.2, 0.25) is 5.91 Å². The number of amides is 1. The summed E-state index contributed by atoms with van der Waals surface area (Å²) in [5.74, 6) is -0.175. The second-order valence-corrected chi connectivity index (χ2v) is 4.34. The average molecular weight is 272 g/mol. The summed E-state index contributed by atoms with van der Waals surface area (Å²) in [6.45, 7) is 3.02. The third kappa shape index (κ3) is 5.32. The minimum absolute atomic E-state index is 0.175. The van der Waals surface area contributed by atoms with Crippen LogP contribution in [0.3, 0.4) is 0 Å². The van der Waals surface area contributed by atoms with Crippen LogP contribution in [0, 0.1) is 0 Å². The molecule has 3 N–H and O–H groups in total. The lowest BCUT2D eigenvalue weighted by atomic mass is 10.1. The Balaban J connectivity index is 2.61. The van der Waals surface area contributed by atoms with E-state index in [1.54, 1.807) is 25.1 Å². The number of carbonyl (C=O) groups excluding carboxylic acids is 1. The highest BCUT2D eigenvalue weighted by Gasteiger charge is 2.17. The van der Waals surface area contributed by atoms with Crippen molar-refractivity contribution in [3.05, 3.63) is 29.8 Å². The van der Waals surface area contributed by atoms with E-state index in [2.05, 4.69) is 10.6 Å². The van der Waals surface area contributed by atoms with Crippen LogP contribution < -0.4 is 10.6 Å². The quantitative estimate of drug-likeness (QED) is 0.741. The molecule has 106 valence electrons. The summed E-state index contributed by atoms with van der Waals surface area (Å²) in [5, 5.41) is 14.5. The van der Waals surface area contributed by atoms with Crippen LogP contribution >= 0.6 is 0 Å². The molecule has 0 saturated heterocycles. The molecule has 1 amide bonds. The maximum absolute atomic E-state index is 12.2. The van der Waals surface area contributed by atoms with Gasteiger partial charge in [0.1, 0.15) is 6.10 Å². The smallest absolute Gasteiger partial charge is 0.265 e. The topological polar surface area (TPSA) is 61.4 Å². The van der Waals surface area contributed by atoms with Crippen molar-refractivity contribution in [1.29, 1.82) is 0 Å². The Morgan fingerprint density at radius 3 is 2.68 bits per heavy atom. The maximum Gasteiger partial charge on any atom is 0.265 e. The van der Waals surface area contributed by atoms with E-state index in [9.17, 15) is 13.6 Å². The molecule has 0 bridgehead atoms. The lowest BCUT2D eigenvalue weighted by molar-refractivity contribution is -0.114. The number of nitrogens with one attached hydrogen (secondary N) is 2. The molecule has 1 aromatic rings. The van der Waals surface area contributed by atoms with Crippen molar-refractivity contribution in [2.45, 2.75) is 32.4 Å². The van der Waals surface area contributed by atoms with Gasteiger partial charge in [0, 0.05) is 25.2 Å². The van der Waals surface area contributed by atoms with Crippen LogP contribution in [-0.4, -0.2) is 30.1 Å². The largest absolute Gasteiger partial charge is 0.386 e. The fraction of sp³-hybridized carbons (Fsp3) is 0.462. The SMILES string of the molecule is CC(=O)Nc1cccc(C(C)NCC(O)C(F)F)c1. The molecule has 4 nitrogen and oxygen atoms in total. The molecule has 0 spiro atoms. The van der Waals surface area contributed by atoms with Crippen molar-refractivity contribution in [1.82, 2.24) is 5.32 Å². The van der Waals surface area contributed by atoms with Crippen molar-refractivity contribution in [2.75, 3.05) is 11.9 Å². The molecular formula is C13H18F2N2O2. The molecule has 19 heavy (non-hydrogen) atoms. The Kier molecular flexibility index (Phi) is 5.85. The fourth-order valence-electron chi connectivity index (χ4n) is 1.59. The van der Waals surface area contributed by atoms with Crippen molar-refractivity contribution < 1.29 is 18.7 Å². The van der Waals surface area contributed by atoms with Crippen LogP contribution in [0.15, 0.2) is 24.3 Å². The first-order valence-electron chi connectivity index (χ1n) is 5.97. The van der Waals surface area contributed by atoms with E-state index >= 15 is 0 Å². The first-order valence-corrected chi connectivity index (χ1v) is 5.97. The van der Waals surface area contributed by atoms with Gasteiger partial charge in [-0.15, -0.1) is 0 Å². The summed E-state index contributed by atoms with van der Waals surface area (Å²) in [6, 6.07) is 6.88. The van der Waals surface area contributed by atoms with Gasteiger partial charge in [-0.25, -0.2) is 8.78 Å². The van der Waals surface area contributed by atoms with E-state index in [1.807, 2.05) is 6.07 Å². The summed E-state index contributed by atoms with van der Waals surface area (Å²) >= 11 is 0. The van der Waals surface area contributed by atoms with Crippen LogP contribution in [0.2, 0.25) is 0 Å². The number of alkyl halides is 2. The maximum atomic E-state index is 12.2. The molecule has 0 aromatic heterocycles. The van der Waals surface area contributed by atoms with Gasteiger partial charge in [-0.1, -0.05) is 12.1 Å². The standard InChI is InChI=1S/C13H18F2N2O2/c1-8(16-7-12(19)13(14)15)10-4-3-5-11(6-10)17-9(2)18/h3-6,8,12-13,16,19H,7H2,1-2H3,(H,17,18). The number of carbonyl (C=O) groups is 1. The van der Waals surface area contributed by atoms with Crippen LogP contribution in [0.25, 0.3) is 0 Å². The van der Waals surface area contributed by atoms with Gasteiger partial charge in [-0.3, -0.25) is 4.79 Å². The van der Waals surface area contributed by atoms with Gasteiger partial charge >= 0.3 is 0 Å². The predicted molar refractivity (Wildman–Crippen MR) is 69.2 cm³/mol. The summed E-state index contributed by atoms with van der Waals surface area (Å²) in [4.78, 5) is 10.9. The number of halogens is 2. The lowest BCUT2D eigenvalue weighted by Crippen LogP contribution is -2.33. The molecule has 0 saturated carbocycles. The molecular weight excluding hydrogens is 254 g/mol. The third-order valence-electron chi connectivity index (χ3n) is 2.63. The van der Waals surface area contributed by atoms with Crippen molar-refractivity contribution in [3.8, 4) is 0 Å². The highest BCUT2D eigenvalue weighted by molar-refractivity contribution is 5.88. The lowest BCUT2D eigenvalue weighted by Gasteiger charge is -2.17. The Bertz CT molecular complexity index is 427. The molecule has 2 atom stereocenters. The third-order valence-corrected chi connectivity index (χ3v) is 2.63. The Morgan fingerprint density at radius 2 is 2.11 bits per heavy atom. The van der Waals surface area contributed by atoms with E-state index in [4.69, 9.17) is 5.11 Å². The average Bonchev–Trinajstić information content (AvgIpc) is 2.34. The fourth-order valence-corrected chi connectivity index (χ4v) is 1.59. The zero-order chi connectivity index (χ0) is 14.4. The zero-order valence-electron chi connectivity index (χ0n) is 10.9. The van der Waals surface area contributed by atoms with Gasteiger partial charge in [-0.05, 0) is 24.6 Å². The van der Waals surface area contributed by atoms with E-state index in [0.29, 0.717) is 5.69 Å². The molecule has 6 heteroatoms. The molecule has 0 aliphatic rings. The normalized spacial score (nSPS) is 14.2. The predicted octanol–water partition coefficient (Wildman–Crippen LogP) is 1.92. The molecule has 0 aliphatic heterocycles. The van der Waals surface area contributed by atoms with E-state index in [-0.39, 0.29) is 18.5 Å². The highest BCUT2D eigenvalue weighted by Crippen LogP contribution is 2.17. The van der Waals surface area contributed by atoms with E-state index < -0.39 is 12.5 Å². The molecule has 1 rings (SSSR count). The van der Waals surface area contributed by atoms with Crippen LogP contribution in [0.4, 0.5) is 14.5 Å². The van der Waals surface area contributed by atoms with Gasteiger partial charge in [0.25, 0.3) is 6.43 Å². The molecule has 0 radical (unpaired) electrons. The first-order chi connectivity index (χ1) is 8.90. The molecule has 2 unspecified atom stereocenters. The number of anilines is 1. The molecule has 1 aromatic carbocycles. The minimum Gasteiger partial charge on any atom is -0.386 e. The summed E-state index contributed by atoms with van der Waals surface area (Å²) in [5.41, 5.74) is 1.49. The minimum atomic E-state index is -2.76. The number of aliphatic hydroxyl groups is 1. The number of aliphatic hydroxyl groups excluding tert-OH is 1. The summed E-state index contributed by atoms with van der Waals surface area (Å²) in [6.07, 6.45) is -4.44. The summed E-state index contributed by atoms with van der Waals surface area (Å²) in [7, 11) is 0. The summed E-state index contributed by atoms with van der Waals surface area (Å²) < 4.78 is 24.3. The molecule has 0 heterocycles. The van der Waals surface area contributed by atoms with Gasteiger partial charge in [-0.2, -0.15) is 0 Å². The second kappa shape index (κ2) is 7.16. The van der Waals surface area contributed by atoms with Gasteiger partial charge < -0.3 is 15.7 Å². The Labute approximate surface area is 110 Å². The van der Waals surface area contributed by atoms with Crippen LogP contribution in [0.5, 0.6) is 0 Å². The number of hydrogen-bond acceptors (Lipinski definition) is 3. The number of rotatable bonds is 6. The van der Waals surface area contributed by atoms with Gasteiger partial charge in [0.05, 0.1) is 0 Å².